The maximum Gasteiger partial charge on any atom is 0.312 e. The molecule has 0 saturated heterocycles. The van der Waals surface area contributed by atoms with Gasteiger partial charge in [0.05, 0.1) is 5.92 Å². The molecule has 0 aromatic heterocycles. The van der Waals surface area contributed by atoms with E-state index in [0.717, 1.165) is 0 Å². The maximum atomic E-state index is 11.7. The van der Waals surface area contributed by atoms with Gasteiger partial charge in [-0.1, -0.05) is 24.3 Å². The maximum absolute atomic E-state index is 11.7. The molecule has 1 aliphatic rings. The Bertz CT molecular complexity index is 146. The molecular formula is C6H5FO. The molecule has 42 valence electrons. The van der Waals surface area contributed by atoms with E-state index in [0.29, 0.717) is 0 Å². The van der Waals surface area contributed by atoms with Crippen LogP contribution in [0.25, 0.3) is 0 Å². The highest BCUT2D eigenvalue weighted by molar-refractivity contribution is 5.76. The Morgan fingerprint density at radius 1 is 1.38 bits per heavy atom. The van der Waals surface area contributed by atoms with Crippen LogP contribution < -0.4 is 0 Å². The van der Waals surface area contributed by atoms with E-state index in [1.165, 1.54) is 12.2 Å². The summed E-state index contributed by atoms with van der Waals surface area (Å²) in [7, 11) is 0. The smallest absolute Gasteiger partial charge is 0.260 e. The lowest BCUT2D eigenvalue weighted by Crippen LogP contribution is -1.99. The van der Waals surface area contributed by atoms with Crippen molar-refractivity contribution in [1.29, 1.82) is 0 Å². The van der Waals surface area contributed by atoms with Crippen LogP contribution in [0.3, 0.4) is 0 Å². The van der Waals surface area contributed by atoms with Gasteiger partial charge < -0.3 is 0 Å². The molecule has 0 fully saturated rings. The van der Waals surface area contributed by atoms with E-state index in [4.69, 9.17) is 0 Å². The first-order valence-corrected chi connectivity index (χ1v) is 2.35. The molecule has 2 heteroatoms. The minimum atomic E-state index is -1.28. The van der Waals surface area contributed by atoms with E-state index in [1.54, 1.807) is 12.2 Å². The average Bonchev–Trinajstić information content (AvgIpc) is 2.12. The number of hydrogen-bond acceptors (Lipinski definition) is 1. The lowest BCUT2D eigenvalue weighted by Gasteiger charge is -1.89. The fourth-order valence-corrected chi connectivity index (χ4v) is 0.583. The molecule has 0 heterocycles. The highest BCUT2D eigenvalue weighted by Crippen LogP contribution is 2.09. The topological polar surface area (TPSA) is 17.1 Å². The van der Waals surface area contributed by atoms with E-state index >= 15 is 0 Å². The first-order chi connectivity index (χ1) is 3.80. The Labute approximate surface area is 46.5 Å². The summed E-state index contributed by atoms with van der Waals surface area (Å²) >= 11 is 0. The van der Waals surface area contributed by atoms with Crippen LogP contribution in [0.4, 0.5) is 4.39 Å². The van der Waals surface area contributed by atoms with Crippen molar-refractivity contribution in [2.75, 3.05) is 0 Å². The van der Waals surface area contributed by atoms with Crippen molar-refractivity contribution in [1.82, 2.24) is 0 Å². The molecule has 0 unspecified atom stereocenters. The van der Waals surface area contributed by atoms with Gasteiger partial charge in [0.15, 0.2) is 0 Å². The van der Waals surface area contributed by atoms with Gasteiger partial charge in [0.2, 0.25) is 0 Å². The molecule has 0 N–H and O–H groups in total. The third-order valence-corrected chi connectivity index (χ3v) is 1.01. The van der Waals surface area contributed by atoms with Crippen molar-refractivity contribution in [3.8, 4) is 0 Å². The summed E-state index contributed by atoms with van der Waals surface area (Å²) in [6.45, 7) is 0. The summed E-state index contributed by atoms with van der Waals surface area (Å²) in [5.74, 6) is -0.602. The van der Waals surface area contributed by atoms with Crippen molar-refractivity contribution >= 4 is 6.04 Å². The summed E-state index contributed by atoms with van der Waals surface area (Å²) in [6.07, 6.45) is 6.34. The molecule has 1 nitrogen and oxygen atoms in total. The molecule has 0 aromatic rings. The molecule has 0 aliphatic heterocycles. The van der Waals surface area contributed by atoms with Gasteiger partial charge in [-0.25, -0.2) is 0 Å². The van der Waals surface area contributed by atoms with Crippen molar-refractivity contribution < 1.29 is 9.18 Å². The minimum Gasteiger partial charge on any atom is -0.260 e. The molecule has 0 aromatic carbocycles. The van der Waals surface area contributed by atoms with Gasteiger partial charge in [0.25, 0.3) is 0 Å². The van der Waals surface area contributed by atoms with Crippen molar-refractivity contribution in [3.05, 3.63) is 24.3 Å². The molecule has 1 rings (SSSR count). The number of allylic oxidation sites excluding steroid dienone is 4. The summed E-state index contributed by atoms with van der Waals surface area (Å²) in [5.41, 5.74) is 0. The normalized spacial score (nSPS) is 17.6. The fraction of sp³-hybridized carbons (Fsp3) is 0.167. The molecule has 0 spiro atoms. The van der Waals surface area contributed by atoms with Crippen LogP contribution >= 0.6 is 0 Å². The highest BCUT2D eigenvalue weighted by Gasteiger charge is 2.11. The van der Waals surface area contributed by atoms with Crippen molar-refractivity contribution in [2.24, 2.45) is 5.92 Å². The summed E-state index contributed by atoms with van der Waals surface area (Å²) in [5, 5.41) is 0. The van der Waals surface area contributed by atoms with E-state index in [1.807, 2.05) is 0 Å². The van der Waals surface area contributed by atoms with Crippen molar-refractivity contribution in [2.45, 2.75) is 0 Å². The number of carbonyl (C=O) groups is 1. The zero-order chi connectivity index (χ0) is 5.98. The number of carbonyl (C=O) groups excluding carboxylic acids is 1. The highest BCUT2D eigenvalue weighted by atomic mass is 19.1. The lowest BCUT2D eigenvalue weighted by atomic mass is 10.2. The second-order valence-corrected chi connectivity index (χ2v) is 1.60. The molecule has 0 bridgehead atoms. The van der Waals surface area contributed by atoms with Crippen LogP contribution in [0.1, 0.15) is 0 Å². The third-order valence-electron chi connectivity index (χ3n) is 1.01. The number of rotatable bonds is 1. The molecule has 1 aliphatic carbocycles. The molecule has 0 atom stereocenters. The van der Waals surface area contributed by atoms with E-state index < -0.39 is 12.0 Å². The molecule has 0 saturated carbocycles. The van der Waals surface area contributed by atoms with Gasteiger partial charge in [-0.3, -0.25) is 4.79 Å². The largest absolute Gasteiger partial charge is 0.312 e. The van der Waals surface area contributed by atoms with Crippen LogP contribution in [-0.4, -0.2) is 6.04 Å². The Balaban J connectivity index is 2.62. The molecular weight excluding hydrogens is 107 g/mol. The van der Waals surface area contributed by atoms with Crippen LogP contribution in [0.2, 0.25) is 0 Å². The monoisotopic (exact) mass is 112 g/mol. The average molecular weight is 112 g/mol. The molecule has 8 heavy (non-hydrogen) atoms. The lowest BCUT2D eigenvalue weighted by molar-refractivity contribution is -0.130. The number of hydrogen-bond donors (Lipinski definition) is 0. The summed E-state index contributed by atoms with van der Waals surface area (Å²) in [6, 6.07) is -1.28. The van der Waals surface area contributed by atoms with Crippen LogP contribution in [0, 0.1) is 5.92 Å². The van der Waals surface area contributed by atoms with Crippen LogP contribution in [0.15, 0.2) is 24.3 Å². The van der Waals surface area contributed by atoms with Gasteiger partial charge in [-0.05, 0) is 0 Å². The first kappa shape index (κ1) is 5.22. The number of halogens is 1. The standard InChI is InChI=1S/C6H5FO/c7-6(8)5-3-1-2-4-5/h1-5H. The van der Waals surface area contributed by atoms with E-state index in [9.17, 15) is 9.18 Å². The van der Waals surface area contributed by atoms with Gasteiger partial charge in [-0.2, -0.15) is 4.39 Å². The first-order valence-electron chi connectivity index (χ1n) is 2.35. The zero-order valence-electron chi connectivity index (χ0n) is 4.17. The minimum absolute atomic E-state index is 0.602. The van der Waals surface area contributed by atoms with Crippen molar-refractivity contribution in [3.63, 3.8) is 0 Å². The van der Waals surface area contributed by atoms with Gasteiger partial charge >= 0.3 is 6.04 Å². The summed E-state index contributed by atoms with van der Waals surface area (Å²) in [4.78, 5) is 9.88. The van der Waals surface area contributed by atoms with Gasteiger partial charge in [-0.15, -0.1) is 0 Å². The Morgan fingerprint density at radius 2 is 1.88 bits per heavy atom. The third kappa shape index (κ3) is 0.832. The van der Waals surface area contributed by atoms with Crippen LogP contribution in [-0.2, 0) is 4.79 Å². The SMILES string of the molecule is O=C(F)C1C=CC=C1. The summed E-state index contributed by atoms with van der Waals surface area (Å²) < 4.78 is 11.7. The molecule has 0 radical (unpaired) electrons. The Kier molecular flexibility index (Phi) is 1.24. The second-order valence-electron chi connectivity index (χ2n) is 1.60. The van der Waals surface area contributed by atoms with Gasteiger partial charge in [0, 0.05) is 0 Å². The zero-order valence-corrected chi connectivity index (χ0v) is 4.17. The Morgan fingerprint density at radius 3 is 2.12 bits per heavy atom. The predicted molar refractivity (Wildman–Crippen MR) is 27.9 cm³/mol. The van der Waals surface area contributed by atoms with Gasteiger partial charge in [0.1, 0.15) is 0 Å². The predicted octanol–water partition coefficient (Wildman–Crippen LogP) is 1.22. The fourth-order valence-electron chi connectivity index (χ4n) is 0.583. The van der Waals surface area contributed by atoms with E-state index in [2.05, 4.69) is 0 Å². The quantitative estimate of drug-likeness (QED) is 0.466. The van der Waals surface area contributed by atoms with Crippen LogP contribution in [0.5, 0.6) is 0 Å². The Hall–Kier alpha value is -0.920. The molecule has 0 amide bonds. The van der Waals surface area contributed by atoms with E-state index in [-0.39, 0.29) is 0 Å². The second kappa shape index (κ2) is 1.90.